The largest absolute Gasteiger partial charge is 0.454 e. The van der Waals surface area contributed by atoms with Gasteiger partial charge in [0.05, 0.1) is 25.4 Å². The predicted octanol–water partition coefficient (Wildman–Crippen LogP) is 20.7. The normalized spacial score (nSPS) is 18.5. The summed E-state index contributed by atoms with van der Waals surface area (Å²) in [6, 6.07) is -1.03. The number of esters is 1. The molecule has 93 heavy (non-hydrogen) atoms. The van der Waals surface area contributed by atoms with Crippen LogP contribution in [0.5, 0.6) is 0 Å². The molecular formula is C82H143NO10. The molecule has 0 aromatic heterocycles. The maximum atomic E-state index is 13.5. The zero-order valence-corrected chi connectivity index (χ0v) is 59.9. The highest BCUT2D eigenvalue weighted by atomic mass is 16.7. The molecule has 0 aliphatic carbocycles. The average molecular weight is 1300 g/mol. The topological polar surface area (TPSA) is 175 Å². The second-order valence-electron chi connectivity index (χ2n) is 26.4. The van der Waals surface area contributed by atoms with Crippen molar-refractivity contribution in [3.8, 4) is 0 Å². The average Bonchev–Trinajstić information content (AvgIpc) is 0.910. The molecule has 1 aliphatic rings. The zero-order valence-electron chi connectivity index (χ0n) is 59.9. The molecule has 11 nitrogen and oxygen atoms in total. The van der Waals surface area contributed by atoms with Crippen LogP contribution in [0.3, 0.4) is 0 Å². The molecule has 6 N–H and O–H groups in total. The van der Waals surface area contributed by atoms with Gasteiger partial charge in [-0.25, -0.2) is 0 Å². The van der Waals surface area contributed by atoms with Gasteiger partial charge in [0.2, 0.25) is 5.91 Å². The molecule has 0 bridgehead atoms. The molecule has 0 aromatic carbocycles. The van der Waals surface area contributed by atoms with E-state index in [0.717, 1.165) is 109 Å². The number of ether oxygens (including phenoxy) is 3. The molecule has 8 unspecified atom stereocenters. The van der Waals surface area contributed by atoms with E-state index in [1.54, 1.807) is 6.08 Å². The van der Waals surface area contributed by atoms with Gasteiger partial charge in [0, 0.05) is 6.42 Å². The van der Waals surface area contributed by atoms with Crippen molar-refractivity contribution in [2.24, 2.45) is 0 Å². The Morgan fingerprint density at radius 2 is 0.774 bits per heavy atom. The van der Waals surface area contributed by atoms with Gasteiger partial charge in [-0.3, -0.25) is 9.59 Å². The molecule has 1 amide bonds. The van der Waals surface area contributed by atoms with E-state index in [1.807, 2.05) is 6.08 Å². The number of nitrogens with one attached hydrogen (secondary N) is 1. The summed E-state index contributed by atoms with van der Waals surface area (Å²) in [5.41, 5.74) is 0. The highest BCUT2D eigenvalue weighted by Gasteiger charge is 2.47. The van der Waals surface area contributed by atoms with Gasteiger partial charge >= 0.3 is 5.97 Å². The third-order valence-corrected chi connectivity index (χ3v) is 17.7. The summed E-state index contributed by atoms with van der Waals surface area (Å²) in [6.07, 6.45) is 84.1. The third-order valence-electron chi connectivity index (χ3n) is 17.7. The Kier molecular flexibility index (Phi) is 64.1. The van der Waals surface area contributed by atoms with E-state index >= 15 is 0 Å². The summed E-state index contributed by atoms with van der Waals surface area (Å²) < 4.78 is 17.7. The van der Waals surface area contributed by atoms with E-state index in [9.17, 15) is 35.1 Å². The summed E-state index contributed by atoms with van der Waals surface area (Å²) in [5.74, 6) is -1.20. The number of aliphatic hydroxyl groups excluding tert-OH is 5. The predicted molar refractivity (Wildman–Crippen MR) is 393 cm³/mol. The second kappa shape index (κ2) is 68.3. The second-order valence-corrected chi connectivity index (χ2v) is 26.4. The number of hydrogen-bond donors (Lipinski definition) is 6. The molecule has 0 saturated carbocycles. The van der Waals surface area contributed by atoms with E-state index < -0.39 is 67.4 Å². The molecule has 536 valence electrons. The van der Waals surface area contributed by atoms with Crippen LogP contribution >= 0.6 is 0 Å². The van der Waals surface area contributed by atoms with Gasteiger partial charge in [0.15, 0.2) is 12.4 Å². The molecular weight excluding hydrogens is 1160 g/mol. The number of unbranched alkanes of at least 4 members (excludes halogenated alkanes) is 36. The van der Waals surface area contributed by atoms with E-state index in [-0.39, 0.29) is 19.4 Å². The Hall–Kier alpha value is -3.68. The van der Waals surface area contributed by atoms with Gasteiger partial charge in [0.25, 0.3) is 0 Å². The fraction of sp³-hybridized carbons (Fsp3) is 0.756. The van der Waals surface area contributed by atoms with E-state index in [4.69, 9.17) is 14.2 Å². The van der Waals surface area contributed by atoms with Gasteiger partial charge < -0.3 is 45.1 Å². The van der Waals surface area contributed by atoms with Gasteiger partial charge in [-0.15, -0.1) is 0 Å². The fourth-order valence-corrected chi connectivity index (χ4v) is 11.6. The maximum absolute atomic E-state index is 13.5. The number of rotatable bonds is 66. The van der Waals surface area contributed by atoms with Crippen LogP contribution in [0.4, 0.5) is 0 Å². The van der Waals surface area contributed by atoms with Crippen molar-refractivity contribution < 1.29 is 49.3 Å². The molecule has 8 atom stereocenters. The molecule has 0 radical (unpaired) electrons. The SMILES string of the molecule is CC/C=C\C/C=C\C/C=C\C/C=C\C/C=C\CCCCCCCCCCCCC(O)C(=O)NC(COC1OC(CO)C(O)C(O)C1OC(=O)CCCCCCCCCCCCCC/C=C\C/C=C\C/C=C\CCCCC)C(O)/C=C/CCCCCCCCCCCCC. The van der Waals surface area contributed by atoms with Crippen molar-refractivity contribution in [3.63, 3.8) is 0 Å². The van der Waals surface area contributed by atoms with Gasteiger partial charge in [0.1, 0.15) is 24.4 Å². The summed E-state index contributed by atoms with van der Waals surface area (Å²) in [5, 5.41) is 57.4. The number of carbonyl (C=O) groups is 2. The Morgan fingerprint density at radius 3 is 1.18 bits per heavy atom. The Morgan fingerprint density at radius 1 is 0.430 bits per heavy atom. The molecule has 1 fully saturated rings. The monoisotopic (exact) mass is 1300 g/mol. The van der Waals surface area contributed by atoms with E-state index in [1.165, 1.54) is 180 Å². The van der Waals surface area contributed by atoms with Crippen LogP contribution in [0.25, 0.3) is 0 Å². The van der Waals surface area contributed by atoms with Gasteiger partial charge in [-0.1, -0.05) is 329 Å². The van der Waals surface area contributed by atoms with Crippen molar-refractivity contribution in [1.29, 1.82) is 0 Å². The molecule has 1 saturated heterocycles. The molecule has 1 heterocycles. The summed E-state index contributed by atoms with van der Waals surface area (Å²) >= 11 is 0. The molecule has 1 rings (SSSR count). The lowest BCUT2D eigenvalue weighted by atomic mass is 9.99. The lowest BCUT2D eigenvalue weighted by Gasteiger charge is -2.41. The van der Waals surface area contributed by atoms with Crippen LogP contribution in [-0.4, -0.2) is 99.6 Å². The first-order valence-corrected chi connectivity index (χ1v) is 38.7. The van der Waals surface area contributed by atoms with E-state index in [0.29, 0.717) is 12.8 Å². The minimum Gasteiger partial charge on any atom is -0.454 e. The number of hydrogen-bond acceptors (Lipinski definition) is 10. The minimum atomic E-state index is -1.62. The van der Waals surface area contributed by atoms with Crippen LogP contribution in [0, 0.1) is 0 Å². The van der Waals surface area contributed by atoms with Crippen molar-refractivity contribution in [2.75, 3.05) is 13.2 Å². The van der Waals surface area contributed by atoms with Crippen molar-refractivity contribution in [1.82, 2.24) is 5.32 Å². The first-order valence-electron chi connectivity index (χ1n) is 38.7. The molecule has 11 heteroatoms. The van der Waals surface area contributed by atoms with Crippen LogP contribution in [0.2, 0.25) is 0 Å². The van der Waals surface area contributed by atoms with Gasteiger partial charge in [-0.05, 0) is 109 Å². The zero-order chi connectivity index (χ0) is 67.4. The Labute approximate surface area is 570 Å². The lowest BCUT2D eigenvalue weighted by molar-refractivity contribution is -0.305. The van der Waals surface area contributed by atoms with Crippen molar-refractivity contribution in [2.45, 2.75) is 384 Å². The smallest absolute Gasteiger partial charge is 0.306 e. The van der Waals surface area contributed by atoms with Crippen molar-refractivity contribution >= 4 is 11.9 Å². The van der Waals surface area contributed by atoms with E-state index in [2.05, 4.69) is 123 Å². The summed E-state index contributed by atoms with van der Waals surface area (Å²) in [4.78, 5) is 26.8. The molecule has 0 aromatic rings. The minimum absolute atomic E-state index is 0.118. The molecule has 1 aliphatic heterocycles. The number of amides is 1. The number of carbonyl (C=O) groups excluding carboxylic acids is 2. The highest BCUT2D eigenvalue weighted by Crippen LogP contribution is 2.26. The number of aliphatic hydroxyl groups is 5. The standard InChI is InChI=1S/C82H143NO10/c1-4-7-10-13-16-19-22-25-27-29-31-33-35-37-39-40-42-44-46-48-51-54-57-60-63-66-69-75(86)81(90)83-73(74(85)68-65-62-59-56-53-50-24-21-18-15-12-9-6-3)72-91-82-80(79(89)78(88)76(71-84)92-82)93-77(87)70-67-64-61-58-55-52-49-47-45-43-41-38-36-34-32-30-28-26-23-20-17-14-11-8-5-2/h7,10,16-17,19-20,25-28,31-34,37,39,65,68,73-76,78-80,82,84-86,88-89H,4-6,8-9,11-15,18,21-24,29-30,35-36,38,40-64,66-67,69-72H2,1-3H3,(H,83,90)/b10-7-,19-16-,20-17-,27-25-,28-26-,33-31-,34-32-,39-37-,68-65+. The van der Waals surface area contributed by atoms with Crippen LogP contribution in [-0.2, 0) is 23.8 Å². The number of allylic oxidation sites excluding steroid dienone is 17. The Bertz CT molecular complexity index is 1940. The van der Waals surface area contributed by atoms with Crippen molar-refractivity contribution in [3.05, 3.63) is 109 Å². The third kappa shape index (κ3) is 55.1. The van der Waals surface area contributed by atoms with Crippen LogP contribution in [0.1, 0.15) is 335 Å². The Balaban J connectivity index is 2.54. The van der Waals surface area contributed by atoms with Crippen LogP contribution < -0.4 is 5.32 Å². The highest BCUT2D eigenvalue weighted by molar-refractivity contribution is 5.80. The lowest BCUT2D eigenvalue weighted by Crippen LogP contribution is -2.61. The first kappa shape index (κ1) is 87.3. The first-order chi connectivity index (χ1) is 45.7. The maximum Gasteiger partial charge on any atom is 0.306 e. The summed E-state index contributed by atoms with van der Waals surface area (Å²) in [6.45, 7) is 5.69. The van der Waals surface area contributed by atoms with Gasteiger partial charge in [-0.2, -0.15) is 0 Å². The quantitative estimate of drug-likeness (QED) is 0.0195. The van der Waals surface area contributed by atoms with Crippen LogP contribution in [0.15, 0.2) is 109 Å². The fourth-order valence-electron chi connectivity index (χ4n) is 11.6. The molecule has 0 spiro atoms. The summed E-state index contributed by atoms with van der Waals surface area (Å²) in [7, 11) is 0.